The van der Waals surface area contributed by atoms with Crippen molar-refractivity contribution in [2.75, 3.05) is 13.2 Å². The van der Waals surface area contributed by atoms with E-state index >= 15 is 0 Å². The third-order valence-electron chi connectivity index (χ3n) is 1.50. The molecule has 0 rings (SSSR count). The zero-order valence-electron chi connectivity index (χ0n) is 6.22. The van der Waals surface area contributed by atoms with Crippen molar-refractivity contribution >= 4 is 0 Å². The summed E-state index contributed by atoms with van der Waals surface area (Å²) in [5, 5.41) is 34.7. The molecule has 0 bridgehead atoms. The van der Waals surface area contributed by atoms with Crippen molar-refractivity contribution in [3.05, 3.63) is 0 Å². The lowest BCUT2D eigenvalue weighted by Crippen LogP contribution is -2.35. The molecule has 0 aliphatic rings. The third-order valence-corrected chi connectivity index (χ3v) is 1.50. The number of rotatable bonds is 5. The molecule has 0 heterocycles. The quantitative estimate of drug-likeness (QED) is 0.292. The second-order valence-electron chi connectivity index (χ2n) is 2.51. The van der Waals surface area contributed by atoms with Gasteiger partial charge in [0.15, 0.2) is 0 Å². The first kappa shape index (κ1) is 10.8. The van der Waals surface area contributed by atoms with Crippen LogP contribution in [0.5, 0.6) is 0 Å². The number of aliphatic hydroxyl groups is 4. The smallest absolute Gasteiger partial charge is 0.107 e. The maximum Gasteiger partial charge on any atom is 0.107 e. The molecule has 0 aliphatic heterocycles. The largest absolute Gasteiger partial charge is 0.396 e. The minimum atomic E-state index is -1.15. The Hall–Kier alpha value is -0.200. The molecular formula is C6H15NO4. The lowest BCUT2D eigenvalue weighted by atomic mass is 10.0. The molecule has 0 aliphatic carbocycles. The van der Waals surface area contributed by atoms with Crippen molar-refractivity contribution in [1.82, 2.24) is 0 Å². The monoisotopic (exact) mass is 165 g/mol. The minimum absolute atomic E-state index is 0.102. The topological polar surface area (TPSA) is 107 Å². The summed E-state index contributed by atoms with van der Waals surface area (Å²) in [6.45, 7) is -0.683. The lowest BCUT2D eigenvalue weighted by molar-refractivity contribution is 0.0148. The van der Waals surface area contributed by atoms with E-state index in [1.165, 1.54) is 0 Å². The predicted octanol–water partition coefficient (Wildman–Crippen LogP) is -2.38. The van der Waals surface area contributed by atoms with Gasteiger partial charge in [-0.05, 0) is 6.42 Å². The van der Waals surface area contributed by atoms with E-state index in [2.05, 4.69) is 0 Å². The fourth-order valence-electron chi connectivity index (χ4n) is 0.746. The van der Waals surface area contributed by atoms with Gasteiger partial charge >= 0.3 is 0 Å². The molecule has 0 saturated heterocycles. The molecule has 6 N–H and O–H groups in total. The zero-order chi connectivity index (χ0) is 8.85. The summed E-state index contributed by atoms with van der Waals surface area (Å²) in [5.41, 5.74) is 5.05. The molecule has 0 radical (unpaired) electrons. The van der Waals surface area contributed by atoms with Gasteiger partial charge in [0, 0.05) is 12.5 Å². The summed E-state index contributed by atoms with van der Waals surface area (Å²) >= 11 is 0. The average Bonchev–Trinajstić information content (AvgIpc) is 1.99. The molecule has 0 aromatic rings. The number of nitrogens with two attached hydrogens (primary N) is 1. The predicted molar refractivity (Wildman–Crippen MR) is 38.5 cm³/mol. The Kier molecular flexibility index (Phi) is 5.35. The van der Waals surface area contributed by atoms with Crippen molar-refractivity contribution in [1.29, 1.82) is 0 Å². The SMILES string of the molecule is NC(O)C(CO)CC(O)CO. The van der Waals surface area contributed by atoms with Gasteiger partial charge in [-0.15, -0.1) is 0 Å². The Labute approximate surface area is 65.1 Å². The molecule has 11 heavy (non-hydrogen) atoms. The molecule has 3 atom stereocenters. The molecule has 0 amide bonds. The van der Waals surface area contributed by atoms with Crippen molar-refractivity contribution in [2.45, 2.75) is 18.8 Å². The van der Waals surface area contributed by atoms with Gasteiger partial charge in [-0.1, -0.05) is 0 Å². The highest BCUT2D eigenvalue weighted by Gasteiger charge is 2.17. The van der Waals surface area contributed by atoms with Crippen LogP contribution < -0.4 is 5.73 Å². The van der Waals surface area contributed by atoms with Crippen LogP contribution in [0.1, 0.15) is 6.42 Å². The van der Waals surface area contributed by atoms with Crippen LogP contribution in [0.15, 0.2) is 0 Å². The maximum absolute atomic E-state index is 8.88. The van der Waals surface area contributed by atoms with Crippen LogP contribution in [-0.4, -0.2) is 46.0 Å². The first-order valence-electron chi connectivity index (χ1n) is 3.45. The van der Waals surface area contributed by atoms with Crippen molar-refractivity contribution in [2.24, 2.45) is 11.7 Å². The fraction of sp³-hybridized carbons (Fsp3) is 1.00. The Balaban J connectivity index is 3.68. The molecule has 68 valence electrons. The molecule has 0 saturated carbocycles. The summed E-state index contributed by atoms with van der Waals surface area (Å²) < 4.78 is 0. The summed E-state index contributed by atoms with van der Waals surface area (Å²) in [6.07, 6.45) is -1.98. The van der Waals surface area contributed by atoms with E-state index in [1.54, 1.807) is 0 Å². The van der Waals surface area contributed by atoms with E-state index in [-0.39, 0.29) is 19.6 Å². The van der Waals surface area contributed by atoms with E-state index in [0.717, 1.165) is 0 Å². The minimum Gasteiger partial charge on any atom is -0.396 e. The van der Waals surface area contributed by atoms with Crippen LogP contribution in [0.4, 0.5) is 0 Å². The lowest BCUT2D eigenvalue weighted by Gasteiger charge is -2.18. The maximum atomic E-state index is 8.88. The van der Waals surface area contributed by atoms with Gasteiger partial charge in [-0.25, -0.2) is 0 Å². The summed E-state index contributed by atoms with van der Waals surface area (Å²) in [5.74, 6) is -0.572. The van der Waals surface area contributed by atoms with E-state index < -0.39 is 18.2 Å². The number of aliphatic hydroxyl groups excluding tert-OH is 4. The Morgan fingerprint density at radius 1 is 1.09 bits per heavy atom. The van der Waals surface area contributed by atoms with Crippen molar-refractivity contribution in [3.8, 4) is 0 Å². The Bertz CT molecular complexity index is 98.6. The summed E-state index contributed by atoms with van der Waals surface area (Å²) in [4.78, 5) is 0. The van der Waals surface area contributed by atoms with Gasteiger partial charge in [-0.2, -0.15) is 0 Å². The van der Waals surface area contributed by atoms with Gasteiger partial charge in [0.05, 0.1) is 12.7 Å². The number of hydrogen-bond acceptors (Lipinski definition) is 5. The molecule has 5 heteroatoms. The highest BCUT2D eigenvalue weighted by Crippen LogP contribution is 2.07. The highest BCUT2D eigenvalue weighted by molar-refractivity contribution is 4.67. The van der Waals surface area contributed by atoms with Gasteiger partial charge in [-0.3, -0.25) is 0 Å². The van der Waals surface area contributed by atoms with Crippen LogP contribution in [0.2, 0.25) is 0 Å². The van der Waals surface area contributed by atoms with Crippen molar-refractivity contribution < 1.29 is 20.4 Å². The second-order valence-corrected chi connectivity index (χ2v) is 2.51. The van der Waals surface area contributed by atoms with E-state index in [9.17, 15) is 0 Å². The first-order chi connectivity index (χ1) is 5.11. The Morgan fingerprint density at radius 2 is 1.64 bits per heavy atom. The van der Waals surface area contributed by atoms with E-state index in [0.29, 0.717) is 0 Å². The number of hydrogen-bond donors (Lipinski definition) is 5. The van der Waals surface area contributed by atoms with Crippen LogP contribution in [0.3, 0.4) is 0 Å². The van der Waals surface area contributed by atoms with Crippen LogP contribution in [0.25, 0.3) is 0 Å². The summed E-state index contributed by atoms with van der Waals surface area (Å²) in [6, 6.07) is 0. The molecule has 5 nitrogen and oxygen atoms in total. The summed E-state index contributed by atoms with van der Waals surface area (Å²) in [7, 11) is 0. The highest BCUT2D eigenvalue weighted by atomic mass is 16.3. The fourth-order valence-corrected chi connectivity index (χ4v) is 0.746. The first-order valence-corrected chi connectivity index (χ1v) is 3.45. The van der Waals surface area contributed by atoms with Crippen LogP contribution >= 0.6 is 0 Å². The van der Waals surface area contributed by atoms with E-state index in [4.69, 9.17) is 26.2 Å². The third kappa shape index (κ3) is 4.28. The van der Waals surface area contributed by atoms with Crippen LogP contribution in [0, 0.1) is 5.92 Å². The zero-order valence-corrected chi connectivity index (χ0v) is 6.22. The molecule has 0 fully saturated rings. The van der Waals surface area contributed by atoms with E-state index in [1.807, 2.05) is 0 Å². The molecule has 3 unspecified atom stereocenters. The molecule has 0 spiro atoms. The van der Waals surface area contributed by atoms with Crippen molar-refractivity contribution in [3.63, 3.8) is 0 Å². The van der Waals surface area contributed by atoms with Gasteiger partial charge in [0.2, 0.25) is 0 Å². The van der Waals surface area contributed by atoms with Gasteiger partial charge in [0.25, 0.3) is 0 Å². The Morgan fingerprint density at radius 3 is 1.91 bits per heavy atom. The molecular weight excluding hydrogens is 150 g/mol. The second kappa shape index (κ2) is 5.45. The average molecular weight is 165 g/mol. The molecule has 0 aromatic heterocycles. The standard InChI is InChI=1S/C6H15NO4/c7-6(11)4(2-8)1-5(10)3-9/h4-6,8-11H,1-3,7H2. The molecule has 0 aromatic carbocycles. The van der Waals surface area contributed by atoms with Crippen LogP contribution in [-0.2, 0) is 0 Å². The van der Waals surface area contributed by atoms with Gasteiger partial charge in [0.1, 0.15) is 6.23 Å². The van der Waals surface area contributed by atoms with Gasteiger partial charge < -0.3 is 26.2 Å². The normalized spacial score (nSPS) is 19.4.